The number of hydrogen-bond donors (Lipinski definition) is 4. The third kappa shape index (κ3) is 5.71. The van der Waals surface area contributed by atoms with Gasteiger partial charge < -0.3 is 21.3 Å². The fourth-order valence-corrected chi connectivity index (χ4v) is 1.50. The molecule has 7 heteroatoms. The maximum Gasteiger partial charge on any atom is 0.166 e. The van der Waals surface area contributed by atoms with Gasteiger partial charge in [0.2, 0.25) is 0 Å². The summed E-state index contributed by atoms with van der Waals surface area (Å²) in [5, 5.41) is 29.1. The number of halogens is 2. The summed E-state index contributed by atoms with van der Waals surface area (Å²) in [7, 11) is 0. The molecular formula is C16H17F2N3O2. The maximum absolute atomic E-state index is 12.9. The van der Waals surface area contributed by atoms with E-state index >= 15 is 0 Å². The SMILES string of the molecule is CC(C)(C#N)Nc1ccc(O)c(F)c1.Nc1ccc(O)c(F)c1. The molecule has 0 saturated carbocycles. The molecule has 2 aromatic rings. The Kier molecular flexibility index (Phi) is 5.74. The molecule has 0 fully saturated rings. The zero-order chi connectivity index (χ0) is 17.6. The van der Waals surface area contributed by atoms with Crippen molar-refractivity contribution in [2.24, 2.45) is 0 Å². The van der Waals surface area contributed by atoms with Crippen LogP contribution in [0.1, 0.15) is 13.8 Å². The second-order valence-electron chi connectivity index (χ2n) is 5.24. The lowest BCUT2D eigenvalue weighted by Gasteiger charge is -2.18. The van der Waals surface area contributed by atoms with Crippen molar-refractivity contribution in [2.45, 2.75) is 19.4 Å². The zero-order valence-electron chi connectivity index (χ0n) is 12.6. The quantitative estimate of drug-likeness (QED) is 0.502. The van der Waals surface area contributed by atoms with Crippen molar-refractivity contribution in [3.63, 3.8) is 0 Å². The molecule has 0 aliphatic rings. The Hall–Kier alpha value is -3.01. The third-order valence-corrected chi connectivity index (χ3v) is 2.66. The summed E-state index contributed by atoms with van der Waals surface area (Å²) < 4.78 is 25.1. The summed E-state index contributed by atoms with van der Waals surface area (Å²) in [6.45, 7) is 3.36. The largest absolute Gasteiger partial charge is 0.505 e. The first-order chi connectivity index (χ1) is 10.6. The van der Waals surface area contributed by atoms with E-state index in [2.05, 4.69) is 5.32 Å². The number of nitrogens with one attached hydrogen (secondary N) is 1. The number of anilines is 2. The lowest BCUT2D eigenvalue weighted by Crippen LogP contribution is -2.28. The summed E-state index contributed by atoms with van der Waals surface area (Å²) in [5.74, 6) is -2.16. The number of phenols is 2. The average molecular weight is 321 g/mol. The lowest BCUT2D eigenvalue weighted by molar-refractivity contribution is 0.432. The van der Waals surface area contributed by atoms with Crippen LogP contribution in [0, 0.1) is 23.0 Å². The van der Waals surface area contributed by atoms with Crippen LogP contribution >= 0.6 is 0 Å². The van der Waals surface area contributed by atoms with Gasteiger partial charge in [-0.3, -0.25) is 0 Å². The summed E-state index contributed by atoms with van der Waals surface area (Å²) >= 11 is 0. The van der Waals surface area contributed by atoms with Crippen molar-refractivity contribution in [3.05, 3.63) is 48.0 Å². The molecule has 2 aromatic carbocycles. The van der Waals surface area contributed by atoms with E-state index in [1.54, 1.807) is 13.8 Å². The topological polar surface area (TPSA) is 102 Å². The van der Waals surface area contributed by atoms with E-state index in [9.17, 15) is 8.78 Å². The molecule has 0 aliphatic carbocycles. The van der Waals surface area contributed by atoms with E-state index < -0.39 is 22.9 Å². The minimum absolute atomic E-state index is 0.310. The molecule has 0 heterocycles. The Labute approximate surface area is 132 Å². The van der Waals surface area contributed by atoms with Crippen molar-refractivity contribution >= 4 is 11.4 Å². The number of nitrogens with zero attached hydrogens (tertiary/aromatic N) is 1. The van der Waals surface area contributed by atoms with Gasteiger partial charge in [0.15, 0.2) is 23.1 Å². The van der Waals surface area contributed by atoms with Crippen molar-refractivity contribution in [1.29, 1.82) is 5.26 Å². The van der Waals surface area contributed by atoms with Crippen LogP contribution in [0.5, 0.6) is 11.5 Å². The number of nitrogen functional groups attached to an aromatic ring is 1. The molecule has 0 aromatic heterocycles. The summed E-state index contributed by atoms with van der Waals surface area (Å²) in [5.41, 5.74) is 5.19. The van der Waals surface area contributed by atoms with Crippen LogP contribution in [-0.2, 0) is 0 Å². The second-order valence-corrected chi connectivity index (χ2v) is 5.24. The van der Waals surface area contributed by atoms with Gasteiger partial charge in [0.25, 0.3) is 0 Å². The van der Waals surface area contributed by atoms with Crippen LogP contribution in [0.15, 0.2) is 36.4 Å². The maximum atomic E-state index is 12.9. The summed E-state index contributed by atoms with van der Waals surface area (Å²) in [6, 6.07) is 9.63. The fourth-order valence-electron chi connectivity index (χ4n) is 1.50. The van der Waals surface area contributed by atoms with Crippen molar-refractivity contribution in [3.8, 4) is 17.6 Å². The molecule has 0 amide bonds. The molecular weight excluding hydrogens is 304 g/mol. The molecule has 0 bridgehead atoms. The van der Waals surface area contributed by atoms with Gasteiger partial charge in [-0.1, -0.05) is 0 Å². The van der Waals surface area contributed by atoms with E-state index in [1.807, 2.05) is 6.07 Å². The van der Waals surface area contributed by atoms with Gasteiger partial charge in [0, 0.05) is 23.5 Å². The smallest absolute Gasteiger partial charge is 0.166 e. The molecule has 23 heavy (non-hydrogen) atoms. The van der Waals surface area contributed by atoms with Gasteiger partial charge in [-0.05, 0) is 38.1 Å². The van der Waals surface area contributed by atoms with Crippen molar-refractivity contribution < 1.29 is 19.0 Å². The summed E-state index contributed by atoms with van der Waals surface area (Å²) in [4.78, 5) is 0. The fraction of sp³-hybridized carbons (Fsp3) is 0.188. The number of aromatic hydroxyl groups is 2. The van der Waals surface area contributed by atoms with E-state index in [4.69, 9.17) is 21.2 Å². The highest BCUT2D eigenvalue weighted by molar-refractivity contribution is 5.50. The average Bonchev–Trinajstić information content (AvgIpc) is 2.48. The van der Waals surface area contributed by atoms with Crippen LogP contribution in [-0.4, -0.2) is 15.8 Å². The highest BCUT2D eigenvalue weighted by atomic mass is 19.1. The van der Waals surface area contributed by atoms with Gasteiger partial charge in [-0.25, -0.2) is 8.78 Å². The number of phenolic OH excluding ortho intramolecular Hbond substituents is 2. The van der Waals surface area contributed by atoms with Gasteiger partial charge in [-0.2, -0.15) is 5.26 Å². The van der Waals surface area contributed by atoms with Crippen LogP contribution in [0.2, 0.25) is 0 Å². The Bertz CT molecular complexity index is 728. The lowest BCUT2D eigenvalue weighted by atomic mass is 10.1. The van der Waals surface area contributed by atoms with Gasteiger partial charge in [-0.15, -0.1) is 0 Å². The van der Waals surface area contributed by atoms with Crippen LogP contribution in [0.3, 0.4) is 0 Å². The van der Waals surface area contributed by atoms with Gasteiger partial charge in [0.1, 0.15) is 5.54 Å². The number of nitrogens with two attached hydrogens (primary N) is 1. The van der Waals surface area contributed by atoms with Crippen LogP contribution < -0.4 is 11.1 Å². The first kappa shape index (κ1) is 18.0. The molecule has 0 spiro atoms. The monoisotopic (exact) mass is 321 g/mol. The first-order valence-corrected chi connectivity index (χ1v) is 6.56. The van der Waals surface area contributed by atoms with E-state index in [0.717, 1.165) is 12.1 Å². The Balaban J connectivity index is 0.000000253. The molecule has 0 saturated heterocycles. The van der Waals surface area contributed by atoms with Gasteiger partial charge >= 0.3 is 0 Å². The molecule has 0 radical (unpaired) electrons. The van der Waals surface area contributed by atoms with Crippen molar-refractivity contribution in [2.75, 3.05) is 11.1 Å². The Morgan fingerprint density at radius 3 is 2.00 bits per heavy atom. The highest BCUT2D eigenvalue weighted by Crippen LogP contribution is 2.21. The first-order valence-electron chi connectivity index (χ1n) is 6.56. The molecule has 0 atom stereocenters. The van der Waals surface area contributed by atoms with Crippen molar-refractivity contribution in [1.82, 2.24) is 0 Å². The summed E-state index contributed by atoms with van der Waals surface area (Å²) in [6.07, 6.45) is 0. The van der Waals surface area contributed by atoms with E-state index in [0.29, 0.717) is 11.4 Å². The Morgan fingerprint density at radius 1 is 1.04 bits per heavy atom. The number of benzene rings is 2. The van der Waals surface area contributed by atoms with Crippen LogP contribution in [0.25, 0.3) is 0 Å². The molecule has 122 valence electrons. The number of rotatable bonds is 2. The molecule has 5 nitrogen and oxygen atoms in total. The minimum Gasteiger partial charge on any atom is -0.505 e. The number of hydrogen-bond acceptors (Lipinski definition) is 5. The molecule has 0 aliphatic heterocycles. The second kappa shape index (κ2) is 7.31. The van der Waals surface area contributed by atoms with Crippen LogP contribution in [0.4, 0.5) is 20.2 Å². The highest BCUT2D eigenvalue weighted by Gasteiger charge is 2.16. The normalized spacial score (nSPS) is 10.2. The molecule has 5 N–H and O–H groups in total. The Morgan fingerprint density at radius 2 is 1.57 bits per heavy atom. The standard InChI is InChI=1S/C10H11FN2O.C6H6FNO/c1-10(2,6-12)13-7-3-4-9(14)8(11)5-7;7-5-3-4(8)1-2-6(5)9/h3-5,13-14H,1-2H3;1-3,9H,8H2. The minimum atomic E-state index is -0.761. The third-order valence-electron chi connectivity index (χ3n) is 2.66. The van der Waals surface area contributed by atoms with E-state index in [1.165, 1.54) is 24.3 Å². The molecule has 2 rings (SSSR count). The predicted molar refractivity (Wildman–Crippen MR) is 83.9 cm³/mol. The zero-order valence-corrected chi connectivity index (χ0v) is 12.6. The number of nitriles is 1. The predicted octanol–water partition coefficient (Wildman–Crippen LogP) is 3.36. The molecule has 0 unspecified atom stereocenters. The van der Waals surface area contributed by atoms with Gasteiger partial charge in [0.05, 0.1) is 6.07 Å². The van der Waals surface area contributed by atoms with E-state index in [-0.39, 0.29) is 5.75 Å².